The molecule has 0 saturated carbocycles. The minimum Gasteiger partial charge on any atom is -0.393 e. The minimum absolute atomic E-state index is 0.0186. The lowest BCUT2D eigenvalue weighted by Gasteiger charge is -2.05. The van der Waals surface area contributed by atoms with Crippen molar-refractivity contribution < 1.29 is 14.5 Å². The number of Topliss-reactive ketones (excluding diaryl/α,β-unsaturated/α-hetero) is 1. The largest absolute Gasteiger partial charge is 0.393 e. The molecule has 0 fully saturated rings. The van der Waals surface area contributed by atoms with Gasteiger partial charge in [0.1, 0.15) is 11.5 Å². The van der Waals surface area contributed by atoms with Crippen LogP contribution in [0.25, 0.3) is 0 Å². The van der Waals surface area contributed by atoms with Gasteiger partial charge >= 0.3 is 0 Å². The smallest absolute Gasteiger partial charge is 0.294 e. The van der Waals surface area contributed by atoms with E-state index in [1.807, 2.05) is 6.92 Å². The first-order chi connectivity index (χ1) is 8.93. The number of benzene rings is 1. The third-order valence-electron chi connectivity index (χ3n) is 2.40. The van der Waals surface area contributed by atoms with E-state index in [1.54, 1.807) is 0 Å². The molecule has 1 aromatic rings. The Bertz CT molecular complexity index is 514. The molecule has 1 amide bonds. The number of anilines is 2. The molecule has 0 heterocycles. The number of nitrogens with two attached hydrogens (primary N) is 1. The topological polar surface area (TPSA) is 115 Å². The Hall–Kier alpha value is -2.44. The third kappa shape index (κ3) is 4.38. The van der Waals surface area contributed by atoms with E-state index in [2.05, 4.69) is 5.32 Å². The predicted molar refractivity (Wildman–Crippen MR) is 70.7 cm³/mol. The van der Waals surface area contributed by atoms with Crippen molar-refractivity contribution in [2.75, 3.05) is 11.1 Å². The van der Waals surface area contributed by atoms with Gasteiger partial charge < -0.3 is 11.1 Å². The van der Waals surface area contributed by atoms with E-state index >= 15 is 0 Å². The van der Waals surface area contributed by atoms with Crippen LogP contribution in [0.3, 0.4) is 0 Å². The van der Waals surface area contributed by atoms with E-state index in [0.717, 1.165) is 6.07 Å². The minimum atomic E-state index is -0.632. The van der Waals surface area contributed by atoms with Crippen LogP contribution in [0.15, 0.2) is 18.2 Å². The SMILES string of the molecule is CCCC(=O)CC(=O)Nc1ccc(N)c([N+](=O)[O-])c1. The van der Waals surface area contributed by atoms with Crippen molar-refractivity contribution in [3.05, 3.63) is 28.3 Å². The molecule has 102 valence electrons. The highest BCUT2D eigenvalue weighted by Gasteiger charge is 2.14. The van der Waals surface area contributed by atoms with Gasteiger partial charge in [0.25, 0.3) is 5.69 Å². The van der Waals surface area contributed by atoms with E-state index in [0.29, 0.717) is 12.8 Å². The van der Waals surface area contributed by atoms with E-state index in [4.69, 9.17) is 5.73 Å². The van der Waals surface area contributed by atoms with E-state index < -0.39 is 10.8 Å². The number of hydrogen-bond donors (Lipinski definition) is 2. The summed E-state index contributed by atoms with van der Waals surface area (Å²) in [6.07, 6.45) is 0.792. The molecule has 1 rings (SSSR count). The number of ketones is 1. The normalized spacial score (nSPS) is 9.95. The summed E-state index contributed by atoms with van der Waals surface area (Å²) in [5, 5.41) is 13.1. The summed E-state index contributed by atoms with van der Waals surface area (Å²) in [5.41, 5.74) is 5.42. The Morgan fingerprint density at radius 2 is 2.11 bits per heavy atom. The maximum atomic E-state index is 11.5. The number of carbonyl (C=O) groups is 2. The fourth-order valence-corrected chi connectivity index (χ4v) is 1.53. The second-order valence-electron chi connectivity index (χ2n) is 4.04. The van der Waals surface area contributed by atoms with Crippen LogP contribution >= 0.6 is 0 Å². The van der Waals surface area contributed by atoms with Gasteiger partial charge in [-0.2, -0.15) is 0 Å². The van der Waals surface area contributed by atoms with Crippen molar-refractivity contribution in [3.8, 4) is 0 Å². The Balaban J connectivity index is 2.72. The van der Waals surface area contributed by atoms with Gasteiger partial charge in [-0.25, -0.2) is 0 Å². The molecule has 0 bridgehead atoms. The molecular weight excluding hydrogens is 250 g/mol. The molecule has 0 unspecified atom stereocenters. The van der Waals surface area contributed by atoms with Crippen LogP contribution in [0.2, 0.25) is 0 Å². The van der Waals surface area contributed by atoms with Crippen molar-refractivity contribution in [3.63, 3.8) is 0 Å². The first kappa shape index (κ1) is 14.6. The second kappa shape index (κ2) is 6.48. The lowest BCUT2D eigenvalue weighted by molar-refractivity contribution is -0.383. The summed E-state index contributed by atoms with van der Waals surface area (Å²) in [4.78, 5) is 32.9. The van der Waals surface area contributed by atoms with Crippen LogP contribution in [-0.4, -0.2) is 16.6 Å². The quantitative estimate of drug-likeness (QED) is 0.352. The summed E-state index contributed by atoms with van der Waals surface area (Å²) < 4.78 is 0. The van der Waals surface area contributed by atoms with Gasteiger partial charge in [-0.05, 0) is 18.6 Å². The molecule has 0 aliphatic carbocycles. The Morgan fingerprint density at radius 3 is 2.68 bits per heavy atom. The molecule has 0 saturated heterocycles. The van der Waals surface area contributed by atoms with Gasteiger partial charge in [0, 0.05) is 18.2 Å². The van der Waals surface area contributed by atoms with Crippen molar-refractivity contribution in [1.82, 2.24) is 0 Å². The number of nitro benzene ring substituents is 1. The van der Waals surface area contributed by atoms with Crippen LogP contribution < -0.4 is 11.1 Å². The van der Waals surface area contributed by atoms with E-state index in [1.165, 1.54) is 12.1 Å². The highest BCUT2D eigenvalue weighted by molar-refractivity contribution is 6.04. The standard InChI is InChI=1S/C12H15N3O4/c1-2-3-9(16)7-12(17)14-8-4-5-10(13)11(6-8)15(18)19/h4-6H,2-3,7,13H2,1H3,(H,14,17). The fraction of sp³-hybridized carbons (Fsp3) is 0.333. The average Bonchev–Trinajstić information content (AvgIpc) is 2.31. The number of nitrogen functional groups attached to an aromatic ring is 1. The first-order valence-electron chi connectivity index (χ1n) is 5.79. The zero-order valence-corrected chi connectivity index (χ0v) is 10.5. The zero-order valence-electron chi connectivity index (χ0n) is 10.5. The number of rotatable bonds is 6. The number of nitro groups is 1. The maximum Gasteiger partial charge on any atom is 0.294 e. The average molecular weight is 265 g/mol. The Morgan fingerprint density at radius 1 is 1.42 bits per heavy atom. The highest BCUT2D eigenvalue weighted by Crippen LogP contribution is 2.25. The maximum absolute atomic E-state index is 11.5. The summed E-state index contributed by atoms with van der Waals surface area (Å²) in [6, 6.07) is 3.95. The van der Waals surface area contributed by atoms with Gasteiger partial charge in [0.15, 0.2) is 0 Å². The summed E-state index contributed by atoms with van der Waals surface area (Å²) in [7, 11) is 0. The summed E-state index contributed by atoms with van der Waals surface area (Å²) >= 11 is 0. The molecule has 19 heavy (non-hydrogen) atoms. The van der Waals surface area contributed by atoms with Gasteiger partial charge in [0.2, 0.25) is 5.91 Å². The number of hydrogen-bond acceptors (Lipinski definition) is 5. The van der Waals surface area contributed by atoms with Gasteiger partial charge in [-0.15, -0.1) is 0 Å². The van der Waals surface area contributed by atoms with Gasteiger partial charge in [0.05, 0.1) is 11.3 Å². The second-order valence-corrected chi connectivity index (χ2v) is 4.04. The van der Waals surface area contributed by atoms with Crippen molar-refractivity contribution in [2.45, 2.75) is 26.2 Å². The predicted octanol–water partition coefficient (Wildman–Crippen LogP) is 1.87. The lowest BCUT2D eigenvalue weighted by atomic mass is 10.1. The molecule has 7 heteroatoms. The van der Waals surface area contributed by atoms with Crippen LogP contribution in [0.5, 0.6) is 0 Å². The molecule has 0 aliphatic rings. The number of amides is 1. The number of nitrogens with one attached hydrogen (secondary N) is 1. The molecule has 7 nitrogen and oxygen atoms in total. The molecule has 0 spiro atoms. The highest BCUT2D eigenvalue weighted by atomic mass is 16.6. The van der Waals surface area contributed by atoms with Crippen LogP contribution in [0.1, 0.15) is 26.2 Å². The third-order valence-corrected chi connectivity index (χ3v) is 2.40. The lowest BCUT2D eigenvalue weighted by Crippen LogP contribution is -2.16. The van der Waals surface area contributed by atoms with E-state index in [-0.39, 0.29) is 29.3 Å². The van der Waals surface area contributed by atoms with Crippen molar-refractivity contribution >= 4 is 28.8 Å². The van der Waals surface area contributed by atoms with Gasteiger partial charge in [-0.1, -0.05) is 6.92 Å². The first-order valence-corrected chi connectivity index (χ1v) is 5.79. The van der Waals surface area contributed by atoms with Crippen molar-refractivity contribution in [1.29, 1.82) is 0 Å². The Labute approximate surface area is 109 Å². The van der Waals surface area contributed by atoms with Crippen LogP contribution in [0.4, 0.5) is 17.1 Å². The van der Waals surface area contributed by atoms with Crippen LogP contribution in [0, 0.1) is 10.1 Å². The Kier molecular flexibility index (Phi) is 4.99. The molecule has 3 N–H and O–H groups in total. The molecular formula is C12H15N3O4. The zero-order chi connectivity index (χ0) is 14.4. The monoisotopic (exact) mass is 265 g/mol. The number of carbonyl (C=O) groups excluding carboxylic acids is 2. The molecule has 0 aliphatic heterocycles. The molecule has 1 aromatic carbocycles. The summed E-state index contributed by atoms with van der Waals surface area (Å²) in [5.74, 6) is -0.650. The molecule has 0 radical (unpaired) electrons. The fourth-order valence-electron chi connectivity index (χ4n) is 1.53. The van der Waals surface area contributed by atoms with Crippen LogP contribution in [-0.2, 0) is 9.59 Å². The molecule has 0 aromatic heterocycles. The summed E-state index contributed by atoms with van der Waals surface area (Å²) in [6.45, 7) is 1.85. The molecule has 0 atom stereocenters. The van der Waals surface area contributed by atoms with E-state index in [9.17, 15) is 19.7 Å². The van der Waals surface area contributed by atoms with Crippen molar-refractivity contribution in [2.24, 2.45) is 0 Å². The number of nitrogens with zero attached hydrogens (tertiary/aromatic N) is 1. The van der Waals surface area contributed by atoms with Gasteiger partial charge in [-0.3, -0.25) is 19.7 Å².